The highest BCUT2D eigenvalue weighted by atomic mass is 35.5. The van der Waals surface area contributed by atoms with Crippen LogP contribution in [0.4, 0.5) is 9.18 Å². The van der Waals surface area contributed by atoms with Gasteiger partial charge in [-0.3, -0.25) is 4.98 Å². The maximum atomic E-state index is 13.1. The summed E-state index contributed by atoms with van der Waals surface area (Å²) in [5, 5.41) is 5.56. The average Bonchev–Trinajstić information content (AvgIpc) is 2.53. The maximum Gasteiger partial charge on any atom is 0.315 e. The van der Waals surface area contributed by atoms with Crippen molar-refractivity contribution in [1.82, 2.24) is 20.6 Å². The van der Waals surface area contributed by atoms with Crippen LogP contribution in [0.2, 0.25) is 5.15 Å². The molecule has 1 heterocycles. The number of urea groups is 1. The van der Waals surface area contributed by atoms with Crippen molar-refractivity contribution in [2.75, 3.05) is 7.11 Å². The predicted molar refractivity (Wildman–Crippen MR) is 79.1 cm³/mol. The molecule has 0 aliphatic heterocycles. The summed E-state index contributed by atoms with van der Waals surface area (Å²) < 4.78 is 18.1. The summed E-state index contributed by atoms with van der Waals surface area (Å²) >= 11 is 5.62. The van der Waals surface area contributed by atoms with E-state index in [0.717, 1.165) is 0 Å². The van der Waals surface area contributed by atoms with Gasteiger partial charge in [-0.2, -0.15) is 0 Å². The number of hydrogen-bond donors (Lipinski definition) is 2. The van der Waals surface area contributed by atoms with Crippen molar-refractivity contribution >= 4 is 17.6 Å². The fraction of sp³-hybridized carbons (Fsp3) is 0.214. The van der Waals surface area contributed by atoms with E-state index in [4.69, 9.17) is 16.3 Å². The number of aromatic nitrogens is 2. The highest BCUT2D eigenvalue weighted by Gasteiger charge is 2.07. The molecule has 0 spiro atoms. The third-order valence-electron chi connectivity index (χ3n) is 2.79. The molecule has 116 valence electrons. The van der Waals surface area contributed by atoms with E-state index in [1.807, 2.05) is 0 Å². The standard InChI is InChI=1S/C14H14ClFN4O2/c1-22-12-4-10(16)3-2-9(12)5-19-14(21)20-7-11-6-18-13(15)8-17-11/h2-4,6,8H,5,7H2,1H3,(H2,19,20,21). The first-order valence-corrected chi connectivity index (χ1v) is 6.77. The van der Waals surface area contributed by atoms with Crippen molar-refractivity contribution in [2.45, 2.75) is 13.1 Å². The van der Waals surface area contributed by atoms with Gasteiger partial charge >= 0.3 is 6.03 Å². The fourth-order valence-corrected chi connectivity index (χ4v) is 1.80. The summed E-state index contributed by atoms with van der Waals surface area (Å²) in [6, 6.07) is 3.74. The summed E-state index contributed by atoms with van der Waals surface area (Å²) in [4.78, 5) is 19.6. The lowest BCUT2D eigenvalue weighted by molar-refractivity contribution is 0.240. The molecule has 0 unspecified atom stereocenters. The lowest BCUT2D eigenvalue weighted by Gasteiger charge is -2.10. The Bertz CT molecular complexity index is 652. The number of amides is 2. The summed E-state index contributed by atoms with van der Waals surface area (Å²) in [6.07, 6.45) is 2.88. The van der Waals surface area contributed by atoms with Crippen LogP contribution < -0.4 is 15.4 Å². The second kappa shape index (κ2) is 7.56. The largest absolute Gasteiger partial charge is 0.496 e. The Labute approximate surface area is 131 Å². The van der Waals surface area contributed by atoms with Gasteiger partial charge in [-0.15, -0.1) is 0 Å². The van der Waals surface area contributed by atoms with Gasteiger partial charge in [0.1, 0.15) is 16.7 Å². The summed E-state index contributed by atoms with van der Waals surface area (Å²) in [5.74, 6) is -0.0183. The number of carbonyl (C=O) groups is 1. The number of hydrogen-bond acceptors (Lipinski definition) is 4. The lowest BCUT2D eigenvalue weighted by Crippen LogP contribution is -2.34. The van der Waals surface area contributed by atoms with Gasteiger partial charge in [0, 0.05) is 18.2 Å². The maximum absolute atomic E-state index is 13.1. The minimum atomic E-state index is -0.397. The molecule has 1 aromatic heterocycles. The topological polar surface area (TPSA) is 76.1 Å². The first-order chi connectivity index (χ1) is 10.6. The number of nitrogens with one attached hydrogen (secondary N) is 2. The minimum Gasteiger partial charge on any atom is -0.496 e. The Hall–Kier alpha value is -2.41. The Morgan fingerprint density at radius 2 is 2.05 bits per heavy atom. The summed E-state index contributed by atoms with van der Waals surface area (Å²) in [7, 11) is 1.44. The zero-order chi connectivity index (χ0) is 15.9. The van der Waals surface area contributed by atoms with Crippen LogP contribution in [-0.2, 0) is 13.1 Å². The third-order valence-corrected chi connectivity index (χ3v) is 2.99. The summed E-state index contributed by atoms with van der Waals surface area (Å²) in [5.41, 5.74) is 1.25. The molecule has 2 N–H and O–H groups in total. The van der Waals surface area contributed by atoms with E-state index in [1.54, 1.807) is 6.07 Å². The second-order valence-corrected chi connectivity index (χ2v) is 4.71. The number of nitrogens with zero attached hydrogens (tertiary/aromatic N) is 2. The Morgan fingerprint density at radius 3 is 2.73 bits per heavy atom. The van der Waals surface area contributed by atoms with Crippen LogP contribution in [0.1, 0.15) is 11.3 Å². The molecule has 0 saturated heterocycles. The highest BCUT2D eigenvalue weighted by Crippen LogP contribution is 2.19. The summed E-state index contributed by atoms with van der Waals surface area (Å²) in [6.45, 7) is 0.429. The minimum absolute atomic E-state index is 0.210. The average molecular weight is 325 g/mol. The molecule has 0 atom stereocenters. The highest BCUT2D eigenvalue weighted by molar-refractivity contribution is 6.29. The van der Waals surface area contributed by atoms with E-state index in [0.29, 0.717) is 17.0 Å². The number of ether oxygens (including phenoxy) is 1. The van der Waals surface area contributed by atoms with E-state index < -0.39 is 5.82 Å². The zero-order valence-corrected chi connectivity index (χ0v) is 12.5. The van der Waals surface area contributed by atoms with Crippen LogP contribution in [0.25, 0.3) is 0 Å². The van der Waals surface area contributed by atoms with Gasteiger partial charge in [-0.1, -0.05) is 17.7 Å². The van der Waals surface area contributed by atoms with E-state index >= 15 is 0 Å². The molecule has 2 aromatic rings. The molecule has 1 aromatic carbocycles. The molecular formula is C14H14ClFN4O2. The van der Waals surface area contributed by atoms with Gasteiger partial charge in [-0.05, 0) is 6.07 Å². The van der Waals surface area contributed by atoms with Crippen LogP contribution in [0, 0.1) is 5.82 Å². The van der Waals surface area contributed by atoms with Crippen molar-refractivity contribution < 1.29 is 13.9 Å². The number of benzene rings is 1. The van der Waals surface area contributed by atoms with Crippen molar-refractivity contribution in [3.63, 3.8) is 0 Å². The monoisotopic (exact) mass is 324 g/mol. The normalized spacial score (nSPS) is 10.1. The number of halogens is 2. The molecule has 0 aliphatic rings. The molecule has 0 radical (unpaired) electrons. The van der Waals surface area contributed by atoms with E-state index in [1.165, 1.54) is 31.6 Å². The molecule has 0 bridgehead atoms. The molecule has 0 saturated carbocycles. The van der Waals surface area contributed by atoms with Crippen LogP contribution >= 0.6 is 11.6 Å². The van der Waals surface area contributed by atoms with Gasteiger partial charge in [0.15, 0.2) is 0 Å². The molecule has 6 nitrogen and oxygen atoms in total. The van der Waals surface area contributed by atoms with Crippen LogP contribution in [0.5, 0.6) is 5.75 Å². The second-order valence-electron chi connectivity index (χ2n) is 4.32. The quantitative estimate of drug-likeness (QED) is 0.884. The first kappa shape index (κ1) is 16.0. The van der Waals surface area contributed by atoms with Gasteiger partial charge < -0.3 is 15.4 Å². The number of methoxy groups -OCH3 is 1. The smallest absolute Gasteiger partial charge is 0.315 e. The van der Waals surface area contributed by atoms with E-state index in [-0.39, 0.29) is 24.3 Å². The van der Waals surface area contributed by atoms with Crippen molar-refractivity contribution in [3.05, 3.63) is 52.8 Å². The van der Waals surface area contributed by atoms with Crippen molar-refractivity contribution in [3.8, 4) is 5.75 Å². The van der Waals surface area contributed by atoms with Crippen LogP contribution in [0.3, 0.4) is 0 Å². The Morgan fingerprint density at radius 1 is 1.27 bits per heavy atom. The van der Waals surface area contributed by atoms with Crippen molar-refractivity contribution in [1.29, 1.82) is 0 Å². The van der Waals surface area contributed by atoms with Crippen LogP contribution in [-0.4, -0.2) is 23.1 Å². The molecule has 22 heavy (non-hydrogen) atoms. The first-order valence-electron chi connectivity index (χ1n) is 6.39. The zero-order valence-electron chi connectivity index (χ0n) is 11.8. The molecule has 0 aliphatic carbocycles. The van der Waals surface area contributed by atoms with E-state index in [9.17, 15) is 9.18 Å². The predicted octanol–water partition coefficient (Wildman–Crippen LogP) is 2.28. The number of carbonyl (C=O) groups excluding carboxylic acids is 1. The van der Waals surface area contributed by atoms with Gasteiger partial charge in [0.25, 0.3) is 0 Å². The van der Waals surface area contributed by atoms with Gasteiger partial charge in [0.05, 0.1) is 31.7 Å². The molecule has 2 rings (SSSR count). The van der Waals surface area contributed by atoms with Gasteiger partial charge in [-0.25, -0.2) is 14.2 Å². The molecule has 0 fully saturated rings. The van der Waals surface area contributed by atoms with Crippen LogP contribution in [0.15, 0.2) is 30.6 Å². The molecule has 2 amide bonds. The van der Waals surface area contributed by atoms with Gasteiger partial charge in [0.2, 0.25) is 0 Å². The fourth-order valence-electron chi connectivity index (χ4n) is 1.70. The molecular weight excluding hydrogens is 311 g/mol. The third kappa shape index (κ3) is 4.56. The lowest BCUT2D eigenvalue weighted by atomic mass is 10.2. The van der Waals surface area contributed by atoms with E-state index in [2.05, 4.69) is 20.6 Å². The number of rotatable bonds is 5. The van der Waals surface area contributed by atoms with Crippen molar-refractivity contribution in [2.24, 2.45) is 0 Å². The molecule has 8 heteroatoms. The SMILES string of the molecule is COc1cc(F)ccc1CNC(=O)NCc1cnc(Cl)cn1. The Kier molecular flexibility index (Phi) is 5.48. The Balaban J connectivity index is 1.84.